The fourth-order valence-corrected chi connectivity index (χ4v) is 2.69. The Morgan fingerprint density at radius 3 is 2.96 bits per heavy atom. The van der Waals surface area contributed by atoms with Crippen LogP contribution in [0.5, 0.6) is 0 Å². The number of carbonyl (C=O) groups is 1. The monoisotopic (exact) mass is 313 g/mol. The zero-order valence-corrected chi connectivity index (χ0v) is 12.7. The van der Waals surface area contributed by atoms with Crippen molar-refractivity contribution in [3.05, 3.63) is 42.0 Å². The van der Waals surface area contributed by atoms with E-state index in [4.69, 9.17) is 5.26 Å². The Bertz CT molecular complexity index is 779. The fraction of sp³-hybridized carbons (Fsp3) is 0.312. The Morgan fingerprint density at radius 2 is 2.35 bits per heavy atom. The normalized spacial score (nSPS) is 17.1. The van der Waals surface area contributed by atoms with Crippen LogP contribution in [0, 0.1) is 17.3 Å². The lowest BCUT2D eigenvalue weighted by molar-refractivity contribution is 0.0938. The SMILES string of the molecule is Cn1cc(-c2ccc(C(=O)NC3CCN(C#N)C3)cc2F)cn1. The molecule has 1 fully saturated rings. The van der Waals surface area contributed by atoms with Crippen LogP contribution in [0.4, 0.5) is 4.39 Å². The predicted molar refractivity (Wildman–Crippen MR) is 81.7 cm³/mol. The van der Waals surface area contributed by atoms with Gasteiger partial charge < -0.3 is 10.2 Å². The van der Waals surface area contributed by atoms with Gasteiger partial charge in [0.15, 0.2) is 6.19 Å². The number of nitrogens with one attached hydrogen (secondary N) is 1. The van der Waals surface area contributed by atoms with E-state index in [9.17, 15) is 9.18 Å². The predicted octanol–water partition coefficient (Wildman–Crippen LogP) is 1.51. The number of likely N-dealkylation sites (tertiary alicyclic amines) is 1. The van der Waals surface area contributed by atoms with Crippen molar-refractivity contribution in [2.45, 2.75) is 12.5 Å². The number of nitriles is 1. The lowest BCUT2D eigenvalue weighted by atomic mass is 10.1. The van der Waals surface area contributed by atoms with Crippen molar-refractivity contribution < 1.29 is 9.18 Å². The first kappa shape index (κ1) is 15.0. The summed E-state index contributed by atoms with van der Waals surface area (Å²) >= 11 is 0. The molecule has 1 amide bonds. The smallest absolute Gasteiger partial charge is 0.251 e. The molecule has 0 spiro atoms. The molecule has 2 heterocycles. The van der Waals surface area contributed by atoms with Crippen LogP contribution in [0.25, 0.3) is 11.1 Å². The number of aromatic nitrogens is 2. The van der Waals surface area contributed by atoms with Gasteiger partial charge in [-0.3, -0.25) is 9.48 Å². The number of benzene rings is 1. The van der Waals surface area contributed by atoms with Crippen molar-refractivity contribution in [2.75, 3.05) is 13.1 Å². The Hall–Kier alpha value is -2.88. The second kappa shape index (κ2) is 6.08. The second-order valence-electron chi connectivity index (χ2n) is 5.60. The Morgan fingerprint density at radius 1 is 1.52 bits per heavy atom. The highest BCUT2D eigenvalue weighted by Crippen LogP contribution is 2.23. The number of carbonyl (C=O) groups excluding carboxylic acids is 1. The molecule has 0 aliphatic carbocycles. The van der Waals surface area contributed by atoms with E-state index in [1.165, 1.54) is 6.07 Å². The minimum absolute atomic E-state index is 0.0804. The lowest BCUT2D eigenvalue weighted by Gasteiger charge is -2.12. The van der Waals surface area contributed by atoms with Crippen LogP contribution in [0.1, 0.15) is 16.8 Å². The Balaban J connectivity index is 1.73. The van der Waals surface area contributed by atoms with Crippen LogP contribution in [-0.4, -0.2) is 39.7 Å². The number of halogens is 1. The molecule has 7 heteroatoms. The van der Waals surface area contributed by atoms with E-state index in [0.717, 1.165) is 6.42 Å². The highest BCUT2D eigenvalue weighted by atomic mass is 19.1. The van der Waals surface area contributed by atoms with Gasteiger partial charge in [-0.15, -0.1) is 0 Å². The molecule has 1 atom stereocenters. The number of hydrogen-bond donors (Lipinski definition) is 1. The van der Waals surface area contributed by atoms with E-state index >= 15 is 0 Å². The minimum Gasteiger partial charge on any atom is -0.347 e. The quantitative estimate of drug-likeness (QED) is 0.872. The van der Waals surface area contributed by atoms with E-state index in [1.807, 2.05) is 0 Å². The molecule has 1 aromatic carbocycles. The van der Waals surface area contributed by atoms with Crippen molar-refractivity contribution in [3.63, 3.8) is 0 Å². The summed E-state index contributed by atoms with van der Waals surface area (Å²) in [7, 11) is 1.76. The average molecular weight is 313 g/mol. The second-order valence-corrected chi connectivity index (χ2v) is 5.60. The molecule has 0 saturated carbocycles. The summed E-state index contributed by atoms with van der Waals surface area (Å²) in [6, 6.07) is 4.33. The molecular formula is C16H16FN5O. The van der Waals surface area contributed by atoms with Gasteiger partial charge in [0.05, 0.1) is 6.20 Å². The van der Waals surface area contributed by atoms with Crippen molar-refractivity contribution in [2.24, 2.45) is 7.05 Å². The number of nitrogens with zero attached hydrogens (tertiary/aromatic N) is 4. The van der Waals surface area contributed by atoms with Gasteiger partial charge in [-0.25, -0.2) is 4.39 Å². The number of amides is 1. The third kappa shape index (κ3) is 3.16. The average Bonchev–Trinajstić information content (AvgIpc) is 3.16. The van der Waals surface area contributed by atoms with Gasteiger partial charge in [0, 0.05) is 49.1 Å². The molecule has 1 aliphatic rings. The van der Waals surface area contributed by atoms with Crippen LogP contribution in [0.15, 0.2) is 30.6 Å². The maximum atomic E-state index is 14.3. The van der Waals surface area contributed by atoms with E-state index in [1.54, 1.807) is 41.2 Å². The van der Waals surface area contributed by atoms with Gasteiger partial charge in [-0.05, 0) is 18.6 Å². The number of aryl methyl sites for hydroxylation is 1. The molecule has 0 radical (unpaired) electrons. The summed E-state index contributed by atoms with van der Waals surface area (Å²) in [6.45, 7) is 1.13. The van der Waals surface area contributed by atoms with Crippen molar-refractivity contribution in [1.82, 2.24) is 20.0 Å². The summed E-state index contributed by atoms with van der Waals surface area (Å²) < 4.78 is 15.9. The molecule has 1 unspecified atom stereocenters. The van der Waals surface area contributed by atoms with Gasteiger partial charge in [-0.1, -0.05) is 6.07 Å². The summed E-state index contributed by atoms with van der Waals surface area (Å²) in [5.74, 6) is -0.790. The highest BCUT2D eigenvalue weighted by molar-refractivity contribution is 5.95. The van der Waals surface area contributed by atoms with Crippen molar-refractivity contribution in [1.29, 1.82) is 5.26 Å². The van der Waals surface area contributed by atoms with Crippen LogP contribution < -0.4 is 5.32 Å². The third-order valence-electron chi connectivity index (χ3n) is 3.91. The maximum absolute atomic E-state index is 14.3. The largest absolute Gasteiger partial charge is 0.347 e. The molecule has 3 rings (SSSR count). The van der Waals surface area contributed by atoms with Crippen LogP contribution >= 0.6 is 0 Å². The van der Waals surface area contributed by atoms with Crippen LogP contribution in [-0.2, 0) is 7.05 Å². The van der Waals surface area contributed by atoms with Crippen molar-refractivity contribution in [3.8, 4) is 17.3 Å². The van der Waals surface area contributed by atoms with Crippen LogP contribution in [0.2, 0.25) is 0 Å². The van der Waals surface area contributed by atoms with Gasteiger partial charge in [-0.2, -0.15) is 10.4 Å². The van der Waals surface area contributed by atoms with Gasteiger partial charge in [0.25, 0.3) is 5.91 Å². The summed E-state index contributed by atoms with van der Waals surface area (Å²) in [5.41, 5.74) is 1.34. The minimum atomic E-state index is -0.462. The molecule has 0 bridgehead atoms. The zero-order chi connectivity index (χ0) is 16.4. The van der Waals surface area contributed by atoms with Crippen molar-refractivity contribution >= 4 is 5.91 Å². The number of hydrogen-bond acceptors (Lipinski definition) is 4. The molecule has 1 N–H and O–H groups in total. The maximum Gasteiger partial charge on any atom is 0.251 e. The topological polar surface area (TPSA) is 74.0 Å². The van der Waals surface area contributed by atoms with Crippen LogP contribution in [0.3, 0.4) is 0 Å². The first-order valence-corrected chi connectivity index (χ1v) is 7.31. The molecule has 1 aromatic heterocycles. The lowest BCUT2D eigenvalue weighted by Crippen LogP contribution is -2.36. The summed E-state index contributed by atoms with van der Waals surface area (Å²) in [6.07, 6.45) is 6.07. The molecule has 23 heavy (non-hydrogen) atoms. The van der Waals surface area contributed by atoms with E-state index in [0.29, 0.717) is 24.2 Å². The Kier molecular flexibility index (Phi) is 3.98. The molecular weight excluding hydrogens is 297 g/mol. The van der Waals surface area contributed by atoms with E-state index < -0.39 is 5.82 Å². The highest BCUT2D eigenvalue weighted by Gasteiger charge is 2.23. The van der Waals surface area contributed by atoms with E-state index in [-0.39, 0.29) is 17.5 Å². The summed E-state index contributed by atoms with van der Waals surface area (Å²) in [4.78, 5) is 13.8. The summed E-state index contributed by atoms with van der Waals surface area (Å²) in [5, 5.41) is 15.7. The molecule has 1 aliphatic heterocycles. The first-order valence-electron chi connectivity index (χ1n) is 7.31. The number of rotatable bonds is 3. The Labute approximate surface area is 133 Å². The molecule has 118 valence electrons. The van der Waals surface area contributed by atoms with Gasteiger partial charge in [0.1, 0.15) is 5.82 Å². The molecule has 6 nitrogen and oxygen atoms in total. The molecule has 1 saturated heterocycles. The third-order valence-corrected chi connectivity index (χ3v) is 3.91. The first-order chi connectivity index (χ1) is 11.1. The van der Waals surface area contributed by atoms with Gasteiger partial charge >= 0.3 is 0 Å². The molecule has 2 aromatic rings. The standard InChI is InChI=1S/C16H16FN5O/c1-21-8-12(7-19-21)14-3-2-11(6-15(14)17)16(23)20-13-4-5-22(9-13)10-18/h2-3,6-8,13H,4-5,9H2,1H3,(H,20,23). The zero-order valence-electron chi connectivity index (χ0n) is 12.7. The van der Waals surface area contributed by atoms with Gasteiger partial charge in [0.2, 0.25) is 0 Å². The fourth-order valence-electron chi connectivity index (χ4n) is 2.69. The van der Waals surface area contributed by atoms with E-state index in [2.05, 4.69) is 16.6 Å².